The Labute approximate surface area is 161 Å². The second kappa shape index (κ2) is 12.0. The molecule has 0 amide bonds. The highest BCUT2D eigenvalue weighted by Gasteiger charge is 2.13. The minimum atomic E-state index is 0.245. The van der Waals surface area contributed by atoms with Gasteiger partial charge in [0, 0.05) is 22.8 Å². The zero-order valence-electron chi connectivity index (χ0n) is 16.1. The Morgan fingerprint density at radius 3 is 2.50 bits per heavy atom. The van der Waals surface area contributed by atoms with Crippen LogP contribution in [0.4, 0.5) is 5.69 Å². The van der Waals surface area contributed by atoms with Crippen LogP contribution in [0.25, 0.3) is 0 Å². The third-order valence-corrected chi connectivity index (χ3v) is 4.17. The Hall–Kier alpha value is -2.45. The molecule has 0 saturated carbocycles. The van der Waals surface area contributed by atoms with Gasteiger partial charge in [0.15, 0.2) is 0 Å². The summed E-state index contributed by atoms with van der Waals surface area (Å²) in [6.45, 7) is 10.7. The van der Waals surface area contributed by atoms with Crippen LogP contribution in [0.5, 0.6) is 5.88 Å². The minimum Gasteiger partial charge on any atom is -0.478 e. The van der Waals surface area contributed by atoms with Gasteiger partial charge >= 0.3 is 0 Å². The van der Waals surface area contributed by atoms with Crippen molar-refractivity contribution in [2.24, 2.45) is 0 Å². The van der Waals surface area contributed by atoms with Crippen molar-refractivity contribution < 1.29 is 4.74 Å². The van der Waals surface area contributed by atoms with Gasteiger partial charge in [0.25, 0.3) is 0 Å². The van der Waals surface area contributed by atoms with Crippen molar-refractivity contribution >= 4 is 17.4 Å². The third kappa shape index (κ3) is 6.81. The lowest BCUT2D eigenvalue weighted by molar-refractivity contribution is 0.324. The maximum absolute atomic E-state index is 9.41. The fourth-order valence-electron chi connectivity index (χ4n) is 2.06. The number of pyridine rings is 1. The van der Waals surface area contributed by atoms with Crippen molar-refractivity contribution in [1.29, 1.82) is 5.26 Å². The van der Waals surface area contributed by atoms with E-state index in [0.29, 0.717) is 17.4 Å². The third-order valence-electron chi connectivity index (χ3n) is 3.17. The molecule has 138 valence electrons. The summed E-state index contributed by atoms with van der Waals surface area (Å²) in [4.78, 5) is 6.11. The van der Waals surface area contributed by atoms with Crippen molar-refractivity contribution in [3.63, 3.8) is 0 Å². The molecule has 0 fully saturated rings. The number of rotatable bonds is 7. The molecular formula is C21H27N3OS. The van der Waals surface area contributed by atoms with Gasteiger partial charge < -0.3 is 10.1 Å². The smallest absolute Gasteiger partial charge is 0.213 e. The Morgan fingerprint density at radius 1 is 1.23 bits per heavy atom. The first-order chi connectivity index (χ1) is 12.6. The second-order valence-corrected chi connectivity index (χ2v) is 6.44. The molecule has 0 saturated heterocycles. The van der Waals surface area contributed by atoms with E-state index < -0.39 is 0 Å². The summed E-state index contributed by atoms with van der Waals surface area (Å²) in [5.41, 5.74) is 1.88. The number of anilines is 1. The molecule has 0 bridgehead atoms. The number of benzene rings is 1. The number of nitrogens with zero attached hydrogens (tertiary/aromatic N) is 2. The fraction of sp³-hybridized carbons (Fsp3) is 0.333. The predicted molar refractivity (Wildman–Crippen MR) is 110 cm³/mol. The minimum absolute atomic E-state index is 0.245. The standard InChI is InChI=1S/C19H21N3OS.C2H6/c1-4-23-18-11-10-17(19(22-18)14(2)3)24-16(12-20)13-21-15-8-6-5-7-9-15;1-2/h5-11,13-14,21H,4H2,1-3H3;1-2H3/b16-13+;. The van der Waals surface area contributed by atoms with Crippen LogP contribution in [0.1, 0.15) is 46.2 Å². The van der Waals surface area contributed by atoms with E-state index in [1.54, 1.807) is 6.20 Å². The van der Waals surface area contributed by atoms with E-state index in [1.165, 1.54) is 11.8 Å². The summed E-state index contributed by atoms with van der Waals surface area (Å²) < 4.78 is 5.48. The Morgan fingerprint density at radius 2 is 1.92 bits per heavy atom. The van der Waals surface area contributed by atoms with Crippen LogP contribution >= 0.6 is 11.8 Å². The van der Waals surface area contributed by atoms with Crippen molar-refractivity contribution in [3.05, 3.63) is 59.3 Å². The zero-order chi connectivity index (χ0) is 19.4. The summed E-state index contributed by atoms with van der Waals surface area (Å²) in [5, 5.41) is 12.6. The zero-order valence-corrected chi connectivity index (χ0v) is 16.9. The van der Waals surface area contributed by atoms with Gasteiger partial charge in [0.1, 0.15) is 11.0 Å². The molecular weight excluding hydrogens is 342 g/mol. The number of nitriles is 1. The molecule has 0 radical (unpaired) electrons. The number of hydrogen-bond donors (Lipinski definition) is 1. The molecule has 26 heavy (non-hydrogen) atoms. The van der Waals surface area contributed by atoms with Crippen LogP contribution in [0.3, 0.4) is 0 Å². The van der Waals surface area contributed by atoms with Gasteiger partial charge in [-0.3, -0.25) is 0 Å². The SMILES string of the molecule is CC.CCOc1ccc(S/C(C#N)=C/Nc2ccccc2)c(C(C)C)n1. The van der Waals surface area contributed by atoms with Gasteiger partial charge in [-0.05, 0) is 31.0 Å². The molecule has 1 aromatic heterocycles. The van der Waals surface area contributed by atoms with E-state index in [1.807, 2.05) is 63.2 Å². The van der Waals surface area contributed by atoms with E-state index in [2.05, 4.69) is 30.2 Å². The molecule has 4 nitrogen and oxygen atoms in total. The van der Waals surface area contributed by atoms with Gasteiger partial charge in [-0.25, -0.2) is 4.98 Å². The topological polar surface area (TPSA) is 57.9 Å². The van der Waals surface area contributed by atoms with E-state index in [0.717, 1.165) is 16.3 Å². The highest BCUT2D eigenvalue weighted by molar-refractivity contribution is 8.03. The second-order valence-electron chi connectivity index (χ2n) is 5.35. The van der Waals surface area contributed by atoms with Gasteiger partial charge in [-0.15, -0.1) is 0 Å². The fourth-order valence-corrected chi connectivity index (χ4v) is 2.98. The molecule has 0 atom stereocenters. The average molecular weight is 370 g/mol. The van der Waals surface area contributed by atoms with Gasteiger partial charge in [-0.1, -0.05) is 57.7 Å². The lowest BCUT2D eigenvalue weighted by atomic mass is 10.1. The van der Waals surface area contributed by atoms with Crippen LogP contribution in [0.15, 0.2) is 58.5 Å². The molecule has 2 rings (SSSR count). The number of ether oxygens (including phenoxy) is 1. The van der Waals surface area contributed by atoms with Crippen LogP contribution in [-0.2, 0) is 0 Å². The average Bonchev–Trinajstić information content (AvgIpc) is 2.68. The first-order valence-corrected chi connectivity index (χ1v) is 9.69. The van der Waals surface area contributed by atoms with Crippen molar-refractivity contribution in [1.82, 2.24) is 4.98 Å². The van der Waals surface area contributed by atoms with Crippen LogP contribution in [-0.4, -0.2) is 11.6 Å². The monoisotopic (exact) mass is 369 g/mol. The molecule has 1 aromatic carbocycles. The summed E-state index contributed by atoms with van der Waals surface area (Å²) in [5.74, 6) is 0.866. The summed E-state index contributed by atoms with van der Waals surface area (Å²) >= 11 is 1.41. The highest BCUT2D eigenvalue weighted by atomic mass is 32.2. The maximum atomic E-state index is 9.41. The first-order valence-electron chi connectivity index (χ1n) is 8.87. The van der Waals surface area contributed by atoms with Crippen LogP contribution in [0.2, 0.25) is 0 Å². The largest absolute Gasteiger partial charge is 0.478 e. The van der Waals surface area contributed by atoms with Crippen molar-refractivity contribution in [2.45, 2.75) is 45.4 Å². The van der Waals surface area contributed by atoms with E-state index in [4.69, 9.17) is 4.74 Å². The lowest BCUT2D eigenvalue weighted by Gasteiger charge is -2.13. The Bertz CT molecular complexity index is 737. The highest BCUT2D eigenvalue weighted by Crippen LogP contribution is 2.33. The number of allylic oxidation sites excluding steroid dienone is 1. The number of nitrogens with one attached hydrogen (secondary N) is 1. The molecule has 0 unspecified atom stereocenters. The Balaban J connectivity index is 0.00000163. The molecule has 0 spiro atoms. The number of aromatic nitrogens is 1. The molecule has 0 aliphatic carbocycles. The summed E-state index contributed by atoms with van der Waals surface area (Å²) in [6.07, 6.45) is 1.72. The maximum Gasteiger partial charge on any atom is 0.213 e. The van der Waals surface area contributed by atoms with Gasteiger partial charge in [-0.2, -0.15) is 5.26 Å². The molecule has 0 aliphatic heterocycles. The number of para-hydroxylation sites is 1. The normalized spacial score (nSPS) is 10.6. The van der Waals surface area contributed by atoms with Gasteiger partial charge in [0.05, 0.1) is 12.3 Å². The number of thioether (sulfide) groups is 1. The Kier molecular flexibility index (Phi) is 9.96. The van der Waals surface area contributed by atoms with Crippen LogP contribution < -0.4 is 10.1 Å². The van der Waals surface area contributed by atoms with E-state index in [-0.39, 0.29) is 5.92 Å². The predicted octanol–water partition coefficient (Wildman–Crippen LogP) is 6.20. The van der Waals surface area contributed by atoms with E-state index >= 15 is 0 Å². The molecule has 0 aliphatic rings. The number of hydrogen-bond acceptors (Lipinski definition) is 5. The van der Waals surface area contributed by atoms with Crippen molar-refractivity contribution in [3.8, 4) is 11.9 Å². The quantitative estimate of drug-likeness (QED) is 0.465. The summed E-state index contributed by atoms with van der Waals surface area (Å²) in [6, 6.07) is 15.8. The molecule has 2 aromatic rings. The van der Waals surface area contributed by atoms with Crippen LogP contribution in [0, 0.1) is 11.3 Å². The molecule has 5 heteroatoms. The molecule has 1 heterocycles. The van der Waals surface area contributed by atoms with Gasteiger partial charge in [0.2, 0.25) is 5.88 Å². The first kappa shape index (κ1) is 21.6. The van der Waals surface area contributed by atoms with Crippen molar-refractivity contribution in [2.75, 3.05) is 11.9 Å². The lowest BCUT2D eigenvalue weighted by Crippen LogP contribution is -2.01. The van der Waals surface area contributed by atoms with E-state index in [9.17, 15) is 5.26 Å². The molecule has 1 N–H and O–H groups in total. The summed E-state index contributed by atoms with van der Waals surface area (Å²) in [7, 11) is 0.